The van der Waals surface area contributed by atoms with E-state index in [4.69, 9.17) is 14.5 Å². The molecule has 2 aliphatic heterocycles. The van der Waals surface area contributed by atoms with Crippen molar-refractivity contribution in [2.75, 3.05) is 59.6 Å². The lowest BCUT2D eigenvalue weighted by Gasteiger charge is -2.28. The summed E-state index contributed by atoms with van der Waals surface area (Å²) in [6.07, 6.45) is 6.22. The third-order valence-corrected chi connectivity index (χ3v) is 4.66. The maximum Gasteiger partial charge on any atom is 0.191 e. The molecule has 6 heteroatoms. The summed E-state index contributed by atoms with van der Waals surface area (Å²) in [6, 6.07) is 0. The highest BCUT2D eigenvalue weighted by Gasteiger charge is 2.17. The molecule has 0 radical (unpaired) electrons. The Balaban J connectivity index is 1.56. The van der Waals surface area contributed by atoms with Gasteiger partial charge in [-0.25, -0.2) is 0 Å². The number of aliphatic imine (C=N–C) groups is 1. The highest BCUT2D eigenvalue weighted by molar-refractivity contribution is 5.79. The van der Waals surface area contributed by atoms with Gasteiger partial charge in [0.25, 0.3) is 0 Å². The van der Waals surface area contributed by atoms with E-state index in [-0.39, 0.29) is 0 Å². The van der Waals surface area contributed by atoms with Crippen LogP contribution < -0.4 is 10.6 Å². The molecule has 0 aromatic carbocycles. The quantitative estimate of drug-likeness (QED) is 0.378. The highest BCUT2D eigenvalue weighted by Crippen LogP contribution is 2.15. The van der Waals surface area contributed by atoms with Gasteiger partial charge in [-0.3, -0.25) is 4.99 Å². The second kappa shape index (κ2) is 11.7. The van der Waals surface area contributed by atoms with Crippen molar-refractivity contribution in [2.24, 2.45) is 10.9 Å². The summed E-state index contributed by atoms with van der Waals surface area (Å²) in [5, 5.41) is 6.75. The summed E-state index contributed by atoms with van der Waals surface area (Å²) in [5.41, 5.74) is 0. The Morgan fingerprint density at radius 2 is 2.21 bits per heavy atom. The van der Waals surface area contributed by atoms with E-state index in [0.717, 1.165) is 58.3 Å². The average molecular weight is 341 g/mol. The third-order valence-electron chi connectivity index (χ3n) is 4.66. The van der Waals surface area contributed by atoms with Gasteiger partial charge in [0, 0.05) is 39.4 Å². The van der Waals surface area contributed by atoms with Crippen molar-refractivity contribution in [3.8, 4) is 0 Å². The molecule has 2 aliphatic rings. The monoisotopic (exact) mass is 340 g/mol. The maximum atomic E-state index is 5.70. The molecule has 2 heterocycles. The van der Waals surface area contributed by atoms with Gasteiger partial charge in [0.1, 0.15) is 0 Å². The van der Waals surface area contributed by atoms with Crippen molar-refractivity contribution in [3.05, 3.63) is 0 Å². The minimum Gasteiger partial charge on any atom is -0.379 e. The molecule has 2 saturated heterocycles. The van der Waals surface area contributed by atoms with Crippen LogP contribution in [0.4, 0.5) is 0 Å². The Morgan fingerprint density at radius 3 is 2.96 bits per heavy atom. The third kappa shape index (κ3) is 7.81. The summed E-state index contributed by atoms with van der Waals surface area (Å²) in [5.74, 6) is 1.62. The number of ether oxygens (including phenoxy) is 2. The van der Waals surface area contributed by atoms with Crippen molar-refractivity contribution in [1.29, 1.82) is 0 Å². The second-order valence-corrected chi connectivity index (χ2v) is 6.98. The Hall–Kier alpha value is -0.850. The van der Waals surface area contributed by atoms with Crippen LogP contribution in [0.25, 0.3) is 0 Å². The highest BCUT2D eigenvalue weighted by atomic mass is 16.5. The van der Waals surface area contributed by atoms with Gasteiger partial charge in [0.05, 0.1) is 12.7 Å². The minimum absolute atomic E-state index is 0.325. The SMILES string of the molecule is CCNC(=NCC1CCCN(C)C1)NCCCOCC1CCCO1. The predicted molar refractivity (Wildman–Crippen MR) is 98.6 cm³/mol. The molecular weight excluding hydrogens is 304 g/mol. The maximum absolute atomic E-state index is 5.70. The van der Waals surface area contributed by atoms with E-state index >= 15 is 0 Å². The number of hydrogen-bond donors (Lipinski definition) is 2. The Morgan fingerprint density at radius 1 is 1.29 bits per heavy atom. The van der Waals surface area contributed by atoms with Crippen LogP contribution in [-0.2, 0) is 9.47 Å². The first-order valence-corrected chi connectivity index (χ1v) is 9.68. The molecule has 0 saturated carbocycles. The smallest absolute Gasteiger partial charge is 0.191 e. The summed E-state index contributed by atoms with van der Waals surface area (Å²) in [6.45, 7) is 9.61. The largest absolute Gasteiger partial charge is 0.379 e. The Labute approximate surface area is 147 Å². The van der Waals surface area contributed by atoms with E-state index in [9.17, 15) is 0 Å². The topological polar surface area (TPSA) is 58.1 Å². The van der Waals surface area contributed by atoms with Gasteiger partial charge in [0.2, 0.25) is 0 Å². The van der Waals surface area contributed by atoms with Crippen molar-refractivity contribution in [3.63, 3.8) is 0 Å². The van der Waals surface area contributed by atoms with Crippen molar-refractivity contribution >= 4 is 5.96 Å². The lowest BCUT2D eigenvalue weighted by Crippen LogP contribution is -2.39. The van der Waals surface area contributed by atoms with Gasteiger partial charge in [-0.2, -0.15) is 0 Å². The molecule has 6 nitrogen and oxygen atoms in total. The Kier molecular flexibility index (Phi) is 9.46. The molecule has 2 unspecified atom stereocenters. The lowest BCUT2D eigenvalue weighted by molar-refractivity contribution is 0.0168. The molecule has 2 atom stereocenters. The van der Waals surface area contributed by atoms with E-state index in [1.807, 2.05) is 0 Å². The molecule has 24 heavy (non-hydrogen) atoms. The fourth-order valence-electron chi connectivity index (χ4n) is 3.36. The van der Waals surface area contributed by atoms with Gasteiger partial charge >= 0.3 is 0 Å². The van der Waals surface area contributed by atoms with E-state index in [1.54, 1.807) is 0 Å². The van der Waals surface area contributed by atoms with Crippen LogP contribution >= 0.6 is 0 Å². The van der Waals surface area contributed by atoms with Crippen LogP contribution in [0.15, 0.2) is 4.99 Å². The lowest BCUT2D eigenvalue weighted by atomic mass is 9.99. The fourth-order valence-corrected chi connectivity index (χ4v) is 3.36. The van der Waals surface area contributed by atoms with Crippen molar-refractivity contribution in [2.45, 2.75) is 45.1 Å². The zero-order chi connectivity index (χ0) is 17.0. The number of nitrogens with zero attached hydrogens (tertiary/aromatic N) is 2. The van der Waals surface area contributed by atoms with E-state index in [2.05, 4.69) is 29.5 Å². The van der Waals surface area contributed by atoms with Crippen LogP contribution in [0.5, 0.6) is 0 Å². The normalized spacial score (nSPS) is 25.8. The van der Waals surface area contributed by atoms with E-state index < -0.39 is 0 Å². The van der Waals surface area contributed by atoms with Crippen molar-refractivity contribution in [1.82, 2.24) is 15.5 Å². The zero-order valence-electron chi connectivity index (χ0n) is 15.6. The van der Waals surface area contributed by atoms with Gasteiger partial charge in [-0.1, -0.05) is 0 Å². The Bertz CT molecular complexity index is 359. The minimum atomic E-state index is 0.325. The molecule has 0 bridgehead atoms. The number of hydrogen-bond acceptors (Lipinski definition) is 4. The molecule has 0 aromatic heterocycles. The summed E-state index contributed by atoms with van der Waals surface area (Å²) >= 11 is 0. The van der Waals surface area contributed by atoms with E-state index in [0.29, 0.717) is 12.0 Å². The molecule has 2 fully saturated rings. The van der Waals surface area contributed by atoms with Crippen LogP contribution in [0.1, 0.15) is 39.0 Å². The van der Waals surface area contributed by atoms with E-state index in [1.165, 1.54) is 32.4 Å². The second-order valence-electron chi connectivity index (χ2n) is 6.98. The summed E-state index contributed by atoms with van der Waals surface area (Å²) in [7, 11) is 2.20. The standard InChI is InChI=1S/C18H36N4O2/c1-3-19-18(21-13-16-7-4-10-22(2)14-16)20-9-6-11-23-15-17-8-5-12-24-17/h16-17H,3-15H2,1-2H3,(H2,19,20,21). The summed E-state index contributed by atoms with van der Waals surface area (Å²) in [4.78, 5) is 7.17. The number of likely N-dealkylation sites (tertiary alicyclic amines) is 1. The number of nitrogens with one attached hydrogen (secondary N) is 2. The molecule has 0 amide bonds. The first-order chi connectivity index (χ1) is 11.8. The molecule has 140 valence electrons. The average Bonchev–Trinajstić information content (AvgIpc) is 3.09. The predicted octanol–water partition coefficient (Wildman–Crippen LogP) is 1.47. The van der Waals surface area contributed by atoms with Gasteiger partial charge < -0.3 is 25.0 Å². The van der Waals surface area contributed by atoms with Crippen LogP contribution in [-0.4, -0.2) is 76.6 Å². The first kappa shape index (κ1) is 19.5. The summed E-state index contributed by atoms with van der Waals surface area (Å²) < 4.78 is 11.2. The zero-order valence-corrected chi connectivity index (χ0v) is 15.6. The number of guanidine groups is 1. The first-order valence-electron chi connectivity index (χ1n) is 9.68. The molecule has 0 aliphatic carbocycles. The fraction of sp³-hybridized carbons (Fsp3) is 0.944. The molecular formula is C18H36N4O2. The molecule has 2 rings (SSSR count). The van der Waals surface area contributed by atoms with Gasteiger partial charge in [-0.05, 0) is 58.5 Å². The van der Waals surface area contributed by atoms with Crippen LogP contribution in [0.3, 0.4) is 0 Å². The van der Waals surface area contributed by atoms with Gasteiger partial charge in [-0.15, -0.1) is 0 Å². The van der Waals surface area contributed by atoms with Crippen LogP contribution in [0.2, 0.25) is 0 Å². The molecule has 2 N–H and O–H groups in total. The molecule has 0 spiro atoms. The number of rotatable bonds is 9. The molecule has 0 aromatic rings. The van der Waals surface area contributed by atoms with Crippen LogP contribution in [0, 0.1) is 5.92 Å². The van der Waals surface area contributed by atoms with Gasteiger partial charge in [0.15, 0.2) is 5.96 Å². The van der Waals surface area contributed by atoms with Crippen molar-refractivity contribution < 1.29 is 9.47 Å². The number of piperidine rings is 1.